The van der Waals surface area contributed by atoms with Crippen LogP contribution in [0.1, 0.15) is 25.8 Å². The minimum absolute atomic E-state index is 0.763. The van der Waals surface area contributed by atoms with Gasteiger partial charge in [-0.25, -0.2) is 0 Å². The van der Waals surface area contributed by atoms with Crippen LogP contribution in [0.15, 0.2) is 23.8 Å². The van der Waals surface area contributed by atoms with Gasteiger partial charge in [-0.3, -0.25) is 0 Å². The van der Waals surface area contributed by atoms with E-state index < -0.39 is 0 Å². The molecule has 0 spiro atoms. The highest BCUT2D eigenvalue weighted by molar-refractivity contribution is 5.58. The molecule has 0 aromatic heterocycles. The number of likely N-dealkylation sites (N-methyl/N-ethyl adjacent to an activating group) is 1. The van der Waals surface area contributed by atoms with Crippen LogP contribution in [0, 0.1) is 0 Å². The Morgan fingerprint density at radius 2 is 1.89 bits per heavy atom. The topological polar surface area (TPSA) is 30.5 Å². The summed E-state index contributed by atoms with van der Waals surface area (Å²) in [6.45, 7) is 6.21. The molecule has 0 amide bonds. The Morgan fingerprint density at radius 1 is 1.17 bits per heavy atom. The van der Waals surface area contributed by atoms with Crippen molar-refractivity contribution in [3.05, 3.63) is 29.3 Å². The van der Waals surface area contributed by atoms with E-state index in [2.05, 4.69) is 25.2 Å². The second-order valence-electron chi connectivity index (χ2n) is 4.05. The van der Waals surface area contributed by atoms with Crippen molar-refractivity contribution in [2.75, 3.05) is 27.3 Å². The van der Waals surface area contributed by atoms with Crippen LogP contribution in [-0.4, -0.2) is 27.3 Å². The molecule has 0 radical (unpaired) electrons. The summed E-state index contributed by atoms with van der Waals surface area (Å²) in [6, 6.07) is 5.98. The summed E-state index contributed by atoms with van der Waals surface area (Å²) < 4.78 is 10.5. The molecular formula is C15H23NO2. The minimum atomic E-state index is 0.763. The highest BCUT2D eigenvalue weighted by Gasteiger charge is 2.03. The molecule has 0 aliphatic rings. The lowest BCUT2D eigenvalue weighted by atomic mass is 10.1. The summed E-state index contributed by atoms with van der Waals surface area (Å²) in [5.74, 6) is 1.53. The zero-order chi connectivity index (χ0) is 13.4. The summed E-state index contributed by atoms with van der Waals surface area (Å²) >= 11 is 0. The molecule has 3 heteroatoms. The first-order valence-electron chi connectivity index (χ1n) is 6.37. The Bertz CT molecular complexity index is 399. The Balaban J connectivity index is 2.91. The second-order valence-corrected chi connectivity index (χ2v) is 4.05. The Hall–Kier alpha value is -1.48. The van der Waals surface area contributed by atoms with Crippen LogP contribution in [0.3, 0.4) is 0 Å². The Labute approximate surface area is 110 Å². The van der Waals surface area contributed by atoms with Gasteiger partial charge in [0.25, 0.3) is 0 Å². The fourth-order valence-corrected chi connectivity index (χ4v) is 1.74. The summed E-state index contributed by atoms with van der Waals surface area (Å²) in [5.41, 5.74) is 2.52. The molecule has 1 aromatic carbocycles. The quantitative estimate of drug-likeness (QED) is 0.805. The van der Waals surface area contributed by atoms with E-state index in [9.17, 15) is 0 Å². The molecule has 0 fully saturated rings. The van der Waals surface area contributed by atoms with Gasteiger partial charge in [0, 0.05) is 6.54 Å². The average molecular weight is 249 g/mol. The molecule has 1 rings (SSSR count). The molecule has 0 atom stereocenters. The van der Waals surface area contributed by atoms with Gasteiger partial charge in [-0.05, 0) is 30.7 Å². The number of benzene rings is 1. The lowest BCUT2D eigenvalue weighted by Gasteiger charge is -2.09. The van der Waals surface area contributed by atoms with E-state index >= 15 is 0 Å². The van der Waals surface area contributed by atoms with Gasteiger partial charge < -0.3 is 14.8 Å². The number of methoxy groups -OCH3 is 2. The normalized spacial score (nSPS) is 11.4. The van der Waals surface area contributed by atoms with Crippen molar-refractivity contribution in [2.24, 2.45) is 0 Å². The lowest BCUT2D eigenvalue weighted by Crippen LogP contribution is -2.15. The SMILES string of the molecule is CCNCC(=Cc1ccc(OC)c(OC)c1)CC. The fraction of sp³-hybridized carbons (Fsp3) is 0.467. The smallest absolute Gasteiger partial charge is 0.161 e. The molecule has 1 aromatic rings. The van der Waals surface area contributed by atoms with Crippen LogP contribution in [0.2, 0.25) is 0 Å². The van der Waals surface area contributed by atoms with Gasteiger partial charge in [-0.2, -0.15) is 0 Å². The largest absolute Gasteiger partial charge is 0.493 e. The fourth-order valence-electron chi connectivity index (χ4n) is 1.74. The van der Waals surface area contributed by atoms with Crippen LogP contribution >= 0.6 is 0 Å². The molecule has 1 N–H and O–H groups in total. The van der Waals surface area contributed by atoms with Crippen LogP contribution < -0.4 is 14.8 Å². The highest BCUT2D eigenvalue weighted by atomic mass is 16.5. The molecule has 0 saturated heterocycles. The minimum Gasteiger partial charge on any atom is -0.493 e. The monoisotopic (exact) mass is 249 g/mol. The third-order valence-electron chi connectivity index (χ3n) is 2.83. The van der Waals surface area contributed by atoms with E-state index in [-0.39, 0.29) is 0 Å². The van der Waals surface area contributed by atoms with Crippen molar-refractivity contribution in [1.29, 1.82) is 0 Å². The zero-order valence-corrected chi connectivity index (χ0v) is 11.7. The van der Waals surface area contributed by atoms with E-state index in [1.807, 2.05) is 18.2 Å². The molecule has 0 heterocycles. The van der Waals surface area contributed by atoms with Crippen molar-refractivity contribution >= 4 is 6.08 Å². The van der Waals surface area contributed by atoms with Crippen LogP contribution in [0.25, 0.3) is 6.08 Å². The molecule has 0 bridgehead atoms. The highest BCUT2D eigenvalue weighted by Crippen LogP contribution is 2.28. The molecule has 0 saturated carbocycles. The summed E-state index contributed by atoms with van der Waals surface area (Å²) in [5, 5.41) is 3.35. The van der Waals surface area contributed by atoms with Gasteiger partial charge in [0.1, 0.15) is 0 Å². The van der Waals surface area contributed by atoms with Gasteiger partial charge in [-0.1, -0.05) is 31.6 Å². The van der Waals surface area contributed by atoms with Gasteiger partial charge in [-0.15, -0.1) is 0 Å². The first kappa shape index (κ1) is 14.6. The summed E-state index contributed by atoms with van der Waals surface area (Å²) in [7, 11) is 3.31. The standard InChI is InChI=1S/C15H23NO2/c1-5-12(11-16-6-2)9-13-7-8-14(17-3)15(10-13)18-4/h7-10,16H,5-6,11H2,1-4H3. The van der Waals surface area contributed by atoms with Gasteiger partial charge in [0.15, 0.2) is 11.5 Å². The molecule has 18 heavy (non-hydrogen) atoms. The van der Waals surface area contributed by atoms with Gasteiger partial charge in [0.2, 0.25) is 0 Å². The number of ether oxygens (including phenoxy) is 2. The second kappa shape index (κ2) is 7.77. The van der Waals surface area contributed by atoms with Crippen molar-refractivity contribution < 1.29 is 9.47 Å². The maximum atomic E-state index is 5.30. The number of rotatable bonds is 7. The number of hydrogen-bond acceptors (Lipinski definition) is 3. The number of hydrogen-bond donors (Lipinski definition) is 1. The summed E-state index contributed by atoms with van der Waals surface area (Å²) in [6.07, 6.45) is 3.24. The van der Waals surface area contributed by atoms with Crippen molar-refractivity contribution in [1.82, 2.24) is 5.32 Å². The van der Waals surface area contributed by atoms with E-state index in [0.717, 1.165) is 36.6 Å². The van der Waals surface area contributed by atoms with Gasteiger partial charge >= 0.3 is 0 Å². The first-order chi connectivity index (χ1) is 8.74. The van der Waals surface area contributed by atoms with E-state index in [4.69, 9.17) is 9.47 Å². The molecule has 100 valence electrons. The molecule has 0 unspecified atom stereocenters. The van der Waals surface area contributed by atoms with Crippen molar-refractivity contribution in [3.8, 4) is 11.5 Å². The molecule has 0 aliphatic carbocycles. The maximum absolute atomic E-state index is 5.30. The van der Waals surface area contributed by atoms with Crippen LogP contribution in [-0.2, 0) is 0 Å². The molecule has 0 aliphatic heterocycles. The average Bonchev–Trinajstić information content (AvgIpc) is 2.43. The summed E-state index contributed by atoms with van der Waals surface area (Å²) in [4.78, 5) is 0. The van der Waals surface area contributed by atoms with Crippen LogP contribution in [0.4, 0.5) is 0 Å². The van der Waals surface area contributed by atoms with E-state index in [0.29, 0.717) is 0 Å². The van der Waals surface area contributed by atoms with E-state index in [1.165, 1.54) is 5.57 Å². The Kier molecular flexibility index (Phi) is 6.29. The number of nitrogens with one attached hydrogen (secondary N) is 1. The first-order valence-corrected chi connectivity index (χ1v) is 6.37. The zero-order valence-electron chi connectivity index (χ0n) is 11.7. The predicted molar refractivity (Wildman–Crippen MR) is 76.4 cm³/mol. The van der Waals surface area contributed by atoms with Crippen molar-refractivity contribution in [3.63, 3.8) is 0 Å². The lowest BCUT2D eigenvalue weighted by molar-refractivity contribution is 0.355. The maximum Gasteiger partial charge on any atom is 0.161 e. The van der Waals surface area contributed by atoms with Crippen molar-refractivity contribution in [2.45, 2.75) is 20.3 Å². The van der Waals surface area contributed by atoms with E-state index in [1.54, 1.807) is 14.2 Å². The third kappa shape index (κ3) is 4.08. The molecule has 3 nitrogen and oxygen atoms in total. The Morgan fingerprint density at radius 3 is 2.44 bits per heavy atom. The predicted octanol–water partition coefficient (Wildman–Crippen LogP) is 3.11. The van der Waals surface area contributed by atoms with Gasteiger partial charge in [0.05, 0.1) is 14.2 Å². The molecular weight excluding hydrogens is 226 g/mol. The third-order valence-corrected chi connectivity index (χ3v) is 2.83. The van der Waals surface area contributed by atoms with Crippen LogP contribution in [0.5, 0.6) is 11.5 Å².